The van der Waals surface area contributed by atoms with Crippen molar-refractivity contribution >= 4 is 11.6 Å². The molecule has 0 spiro atoms. The normalized spacial score (nSPS) is 12.8. The van der Waals surface area contributed by atoms with Gasteiger partial charge < -0.3 is 4.52 Å². The lowest BCUT2D eigenvalue weighted by Crippen LogP contribution is -2.11. The van der Waals surface area contributed by atoms with Gasteiger partial charge in [0, 0.05) is 11.6 Å². The summed E-state index contributed by atoms with van der Waals surface area (Å²) >= 11 is 5.40. The fourth-order valence-corrected chi connectivity index (χ4v) is 1.63. The van der Waals surface area contributed by atoms with Crippen LogP contribution in [0.15, 0.2) is 28.8 Å². The molecule has 2 aromatic rings. The van der Waals surface area contributed by atoms with Crippen molar-refractivity contribution in [3.63, 3.8) is 0 Å². The molecule has 108 valence electrons. The van der Waals surface area contributed by atoms with Gasteiger partial charge in [0.2, 0.25) is 5.22 Å². The van der Waals surface area contributed by atoms with Gasteiger partial charge in [-0.3, -0.25) is 0 Å². The van der Waals surface area contributed by atoms with Crippen LogP contribution in [0.4, 0.5) is 26.3 Å². The zero-order chi connectivity index (χ0) is 15.1. The third-order valence-corrected chi connectivity index (χ3v) is 2.54. The average molecular weight is 316 g/mol. The Hall–Kier alpha value is -1.70. The molecule has 2 rings (SSSR count). The molecule has 1 heterocycles. The van der Waals surface area contributed by atoms with Crippen molar-refractivity contribution in [3.05, 3.63) is 40.6 Å². The van der Waals surface area contributed by atoms with Gasteiger partial charge in [-0.1, -0.05) is 5.16 Å². The van der Waals surface area contributed by atoms with Gasteiger partial charge >= 0.3 is 12.4 Å². The largest absolute Gasteiger partial charge is 0.416 e. The van der Waals surface area contributed by atoms with Crippen molar-refractivity contribution in [1.29, 1.82) is 0 Å². The minimum Gasteiger partial charge on any atom is -0.344 e. The lowest BCUT2D eigenvalue weighted by Gasteiger charge is -2.13. The van der Waals surface area contributed by atoms with Gasteiger partial charge in [0.25, 0.3) is 0 Å². The molecule has 0 amide bonds. The molecule has 0 unspecified atom stereocenters. The summed E-state index contributed by atoms with van der Waals surface area (Å²) < 4.78 is 80.1. The molecule has 1 aromatic heterocycles. The summed E-state index contributed by atoms with van der Waals surface area (Å²) in [7, 11) is 0. The topological polar surface area (TPSA) is 26.0 Å². The van der Waals surface area contributed by atoms with Crippen molar-refractivity contribution in [2.75, 3.05) is 0 Å². The first kappa shape index (κ1) is 14.7. The van der Waals surface area contributed by atoms with Gasteiger partial charge in [0.1, 0.15) is 5.69 Å². The molecule has 0 bridgehead atoms. The zero-order valence-corrected chi connectivity index (χ0v) is 10.1. The quantitative estimate of drug-likeness (QED) is 0.690. The summed E-state index contributed by atoms with van der Waals surface area (Å²) in [4.78, 5) is 0. The van der Waals surface area contributed by atoms with E-state index >= 15 is 0 Å². The van der Waals surface area contributed by atoms with Crippen LogP contribution in [-0.4, -0.2) is 5.16 Å². The molecule has 0 saturated carbocycles. The fraction of sp³-hybridized carbons (Fsp3) is 0.182. The summed E-state index contributed by atoms with van der Waals surface area (Å²) in [5.41, 5.74) is -3.46. The maximum atomic E-state index is 12.6. The smallest absolute Gasteiger partial charge is 0.344 e. The number of hydrogen-bond donors (Lipinski definition) is 0. The molecule has 0 atom stereocenters. The van der Waals surface area contributed by atoms with Crippen molar-refractivity contribution in [3.8, 4) is 11.3 Å². The molecular formula is C11H4ClF6NO. The van der Waals surface area contributed by atoms with Crippen molar-refractivity contribution in [1.82, 2.24) is 5.16 Å². The highest BCUT2D eigenvalue weighted by atomic mass is 35.5. The summed E-state index contributed by atoms with van der Waals surface area (Å²) in [6, 6.07) is 2.15. The van der Waals surface area contributed by atoms with E-state index in [1.54, 1.807) is 0 Å². The van der Waals surface area contributed by atoms with Crippen molar-refractivity contribution < 1.29 is 30.9 Å². The monoisotopic (exact) mass is 315 g/mol. The second-order valence-corrected chi connectivity index (χ2v) is 4.18. The first-order valence-corrected chi connectivity index (χ1v) is 5.37. The second kappa shape index (κ2) is 4.69. The van der Waals surface area contributed by atoms with Gasteiger partial charge in [0.05, 0.1) is 11.1 Å². The molecule has 0 saturated heterocycles. The molecule has 0 aliphatic heterocycles. The Morgan fingerprint density at radius 2 is 1.35 bits per heavy atom. The number of rotatable bonds is 1. The molecule has 0 aliphatic rings. The first-order chi connectivity index (χ1) is 9.07. The highest BCUT2D eigenvalue weighted by molar-refractivity contribution is 6.29. The molecule has 0 N–H and O–H groups in total. The van der Waals surface area contributed by atoms with Gasteiger partial charge in [-0.05, 0) is 29.8 Å². The predicted molar refractivity (Wildman–Crippen MR) is 57.0 cm³/mol. The third kappa shape index (κ3) is 3.06. The summed E-state index contributed by atoms with van der Waals surface area (Å²) in [5, 5.41) is 3.05. The fourth-order valence-electron chi connectivity index (χ4n) is 1.49. The lowest BCUT2D eigenvalue weighted by molar-refractivity contribution is -0.143. The lowest BCUT2D eigenvalue weighted by atomic mass is 10.0. The Bertz CT molecular complexity index is 598. The van der Waals surface area contributed by atoms with E-state index in [4.69, 9.17) is 11.6 Å². The maximum Gasteiger partial charge on any atom is 0.416 e. The van der Waals surface area contributed by atoms with Crippen LogP contribution in [0.2, 0.25) is 5.22 Å². The molecule has 0 radical (unpaired) electrons. The van der Waals surface area contributed by atoms with Crippen LogP contribution in [0.25, 0.3) is 11.3 Å². The van der Waals surface area contributed by atoms with E-state index < -0.39 is 23.5 Å². The summed E-state index contributed by atoms with van der Waals surface area (Å²) in [6.07, 6.45) is -9.83. The highest BCUT2D eigenvalue weighted by Gasteiger charge is 2.37. The number of alkyl halides is 6. The number of hydrogen-bond acceptors (Lipinski definition) is 2. The number of benzene rings is 1. The van der Waals surface area contributed by atoms with Gasteiger partial charge in [-0.15, -0.1) is 0 Å². The Balaban J connectivity index is 2.63. The van der Waals surface area contributed by atoms with Gasteiger partial charge in [0.15, 0.2) is 0 Å². The standard InChI is InChI=1S/C11H4ClF6NO/c12-9-4-8(19-20-9)5-1-6(10(13,14)15)3-7(2-5)11(16,17)18/h1-4H. The molecule has 20 heavy (non-hydrogen) atoms. The van der Waals surface area contributed by atoms with E-state index in [0.29, 0.717) is 12.1 Å². The number of aromatic nitrogens is 1. The van der Waals surface area contributed by atoms with Crippen LogP contribution in [0.1, 0.15) is 11.1 Å². The zero-order valence-electron chi connectivity index (χ0n) is 9.31. The van der Waals surface area contributed by atoms with Crippen LogP contribution in [0, 0.1) is 0 Å². The number of nitrogens with zero attached hydrogens (tertiary/aromatic N) is 1. The molecule has 2 nitrogen and oxygen atoms in total. The average Bonchev–Trinajstić information content (AvgIpc) is 2.73. The van der Waals surface area contributed by atoms with Crippen LogP contribution >= 0.6 is 11.6 Å². The van der Waals surface area contributed by atoms with E-state index in [9.17, 15) is 26.3 Å². The predicted octanol–water partition coefficient (Wildman–Crippen LogP) is 5.03. The molecule has 1 aromatic carbocycles. The molecular weight excluding hydrogens is 312 g/mol. The number of halogens is 7. The third-order valence-electron chi connectivity index (χ3n) is 2.36. The minimum atomic E-state index is -4.91. The van der Waals surface area contributed by atoms with E-state index in [2.05, 4.69) is 9.68 Å². The van der Waals surface area contributed by atoms with E-state index in [0.717, 1.165) is 6.07 Å². The first-order valence-electron chi connectivity index (χ1n) is 4.99. The molecule has 0 aliphatic carbocycles. The van der Waals surface area contributed by atoms with Crippen LogP contribution in [-0.2, 0) is 12.4 Å². The summed E-state index contributed by atoms with van der Waals surface area (Å²) in [5.74, 6) is 0. The van der Waals surface area contributed by atoms with Crippen LogP contribution in [0.5, 0.6) is 0 Å². The SMILES string of the molecule is FC(F)(F)c1cc(-c2cc(Cl)on2)cc(C(F)(F)F)c1. The van der Waals surface area contributed by atoms with Gasteiger partial charge in [-0.25, -0.2) is 0 Å². The Morgan fingerprint density at radius 1 is 0.850 bits per heavy atom. The van der Waals surface area contributed by atoms with Crippen molar-refractivity contribution in [2.45, 2.75) is 12.4 Å². The van der Waals surface area contributed by atoms with E-state index in [1.807, 2.05) is 0 Å². The highest BCUT2D eigenvalue weighted by Crippen LogP contribution is 2.38. The van der Waals surface area contributed by atoms with Crippen molar-refractivity contribution in [2.24, 2.45) is 0 Å². The van der Waals surface area contributed by atoms with Crippen LogP contribution < -0.4 is 0 Å². The Labute approximate surface area is 112 Å². The van der Waals surface area contributed by atoms with Gasteiger partial charge in [-0.2, -0.15) is 26.3 Å². The Kier molecular flexibility index (Phi) is 3.45. The Morgan fingerprint density at radius 3 is 1.70 bits per heavy atom. The molecule has 9 heteroatoms. The van der Waals surface area contributed by atoms with E-state index in [1.165, 1.54) is 0 Å². The second-order valence-electron chi connectivity index (χ2n) is 3.81. The molecule has 0 fully saturated rings. The van der Waals surface area contributed by atoms with E-state index in [-0.39, 0.29) is 22.5 Å². The minimum absolute atomic E-state index is 0.0329. The maximum absolute atomic E-state index is 12.6. The summed E-state index contributed by atoms with van der Waals surface area (Å²) in [6.45, 7) is 0. The van der Waals surface area contributed by atoms with Crippen LogP contribution in [0.3, 0.4) is 0 Å².